The first-order valence-corrected chi connectivity index (χ1v) is 10.8. The molecule has 0 aliphatic rings. The van der Waals surface area contributed by atoms with Crippen molar-refractivity contribution in [2.75, 3.05) is 18.2 Å². The lowest BCUT2D eigenvalue weighted by Crippen LogP contribution is -2.14. The zero-order valence-corrected chi connectivity index (χ0v) is 18.3. The number of aryl methyl sites for hydroxylation is 2. The molecule has 3 aromatic rings. The Morgan fingerprint density at radius 3 is 2.69 bits per heavy atom. The molecule has 152 valence electrons. The summed E-state index contributed by atoms with van der Waals surface area (Å²) in [5, 5.41) is 12.7. The maximum atomic E-state index is 12.3. The van der Waals surface area contributed by atoms with Crippen LogP contribution in [0.3, 0.4) is 0 Å². The van der Waals surface area contributed by atoms with E-state index < -0.39 is 0 Å². The van der Waals surface area contributed by atoms with Crippen LogP contribution in [0.2, 0.25) is 0 Å². The first-order chi connectivity index (χ1) is 14.0. The van der Waals surface area contributed by atoms with Gasteiger partial charge >= 0.3 is 0 Å². The maximum Gasteiger partial charge on any atom is 0.236 e. The Balaban J connectivity index is 1.65. The molecule has 0 saturated heterocycles. The summed E-state index contributed by atoms with van der Waals surface area (Å²) >= 11 is 2.83. The number of hydrogen-bond acceptors (Lipinski definition) is 7. The molecular formula is C20H23N5O2S2. The second kappa shape index (κ2) is 9.71. The molecule has 0 atom stereocenters. The van der Waals surface area contributed by atoms with Crippen molar-refractivity contribution in [3.63, 3.8) is 0 Å². The molecule has 9 heteroatoms. The van der Waals surface area contributed by atoms with Crippen molar-refractivity contribution in [2.24, 2.45) is 0 Å². The monoisotopic (exact) mass is 429 g/mol. The van der Waals surface area contributed by atoms with Crippen LogP contribution in [0.15, 0.2) is 42.1 Å². The molecule has 7 nitrogen and oxygen atoms in total. The fourth-order valence-corrected chi connectivity index (χ4v) is 4.20. The van der Waals surface area contributed by atoms with E-state index in [9.17, 15) is 4.79 Å². The van der Waals surface area contributed by atoms with Crippen LogP contribution >= 0.6 is 23.1 Å². The molecule has 0 saturated carbocycles. The number of rotatable bonds is 9. The van der Waals surface area contributed by atoms with Gasteiger partial charge in [0.1, 0.15) is 11.6 Å². The van der Waals surface area contributed by atoms with Crippen LogP contribution in [0.4, 0.5) is 5.13 Å². The SMILES string of the molecule is C=CCn1c(Cc2ccc(OC)cc2)nnc1SCC(=O)Nc1nc(C)c(C)s1. The largest absolute Gasteiger partial charge is 0.497 e. The van der Waals surface area contributed by atoms with Gasteiger partial charge in [-0.15, -0.1) is 28.1 Å². The van der Waals surface area contributed by atoms with Crippen molar-refractivity contribution in [1.29, 1.82) is 0 Å². The molecule has 2 heterocycles. The number of nitrogens with one attached hydrogen (secondary N) is 1. The quantitative estimate of drug-likeness (QED) is 0.411. The first kappa shape index (κ1) is 21.1. The average molecular weight is 430 g/mol. The van der Waals surface area contributed by atoms with Gasteiger partial charge in [0, 0.05) is 17.8 Å². The van der Waals surface area contributed by atoms with Gasteiger partial charge in [0.2, 0.25) is 5.91 Å². The van der Waals surface area contributed by atoms with Crippen molar-refractivity contribution in [3.05, 3.63) is 58.9 Å². The normalized spacial score (nSPS) is 10.7. The van der Waals surface area contributed by atoms with Crippen molar-refractivity contribution in [2.45, 2.75) is 32.0 Å². The third kappa shape index (κ3) is 5.45. The fraction of sp³-hybridized carbons (Fsp3) is 0.300. The summed E-state index contributed by atoms with van der Waals surface area (Å²) in [6.45, 7) is 8.31. The van der Waals surface area contributed by atoms with Crippen LogP contribution in [0.1, 0.15) is 22.0 Å². The van der Waals surface area contributed by atoms with E-state index in [1.54, 1.807) is 13.2 Å². The Kier molecular flexibility index (Phi) is 7.05. The number of carbonyl (C=O) groups is 1. The molecule has 1 N–H and O–H groups in total. The third-order valence-corrected chi connectivity index (χ3v) is 6.19. The molecule has 0 aliphatic carbocycles. The Morgan fingerprint density at radius 1 is 1.31 bits per heavy atom. The van der Waals surface area contributed by atoms with Crippen molar-refractivity contribution < 1.29 is 9.53 Å². The number of ether oxygens (including phenoxy) is 1. The molecule has 1 aromatic carbocycles. The van der Waals surface area contributed by atoms with Crippen LogP contribution in [0.5, 0.6) is 5.75 Å². The number of nitrogens with zero attached hydrogens (tertiary/aromatic N) is 4. The topological polar surface area (TPSA) is 81.9 Å². The van der Waals surface area contributed by atoms with E-state index in [0.717, 1.165) is 27.7 Å². The van der Waals surface area contributed by atoms with Crippen LogP contribution in [-0.4, -0.2) is 38.5 Å². The van der Waals surface area contributed by atoms with Gasteiger partial charge in [-0.2, -0.15) is 0 Å². The summed E-state index contributed by atoms with van der Waals surface area (Å²) in [6, 6.07) is 7.85. The van der Waals surface area contributed by atoms with E-state index in [2.05, 4.69) is 27.1 Å². The van der Waals surface area contributed by atoms with Crippen LogP contribution < -0.4 is 10.1 Å². The molecule has 0 fully saturated rings. The Hall–Kier alpha value is -2.65. The standard InChI is InChI=1S/C20H23N5O2S2/c1-5-10-25-17(11-15-6-8-16(27-4)9-7-15)23-24-20(25)28-12-18(26)22-19-21-13(2)14(3)29-19/h5-9H,1,10-12H2,2-4H3,(H,21,22,26). The number of allylic oxidation sites excluding steroid dienone is 1. The van der Waals surface area contributed by atoms with Crippen molar-refractivity contribution in [1.82, 2.24) is 19.7 Å². The molecule has 1 amide bonds. The predicted molar refractivity (Wildman–Crippen MR) is 117 cm³/mol. The number of aromatic nitrogens is 4. The van der Waals surface area contributed by atoms with Crippen LogP contribution in [-0.2, 0) is 17.8 Å². The van der Waals surface area contributed by atoms with Gasteiger partial charge in [0.15, 0.2) is 10.3 Å². The number of anilines is 1. The highest BCUT2D eigenvalue weighted by Crippen LogP contribution is 2.23. The summed E-state index contributed by atoms with van der Waals surface area (Å²) in [7, 11) is 1.65. The highest BCUT2D eigenvalue weighted by molar-refractivity contribution is 7.99. The maximum absolute atomic E-state index is 12.3. The smallest absolute Gasteiger partial charge is 0.236 e. The Bertz CT molecular complexity index is 975. The van der Waals surface area contributed by atoms with Gasteiger partial charge in [-0.05, 0) is 31.5 Å². The van der Waals surface area contributed by atoms with Crippen molar-refractivity contribution in [3.8, 4) is 5.75 Å². The van der Waals surface area contributed by atoms with E-state index in [1.807, 2.05) is 42.7 Å². The zero-order chi connectivity index (χ0) is 20.8. The molecule has 0 unspecified atom stereocenters. The molecule has 0 radical (unpaired) electrons. The van der Waals surface area contributed by atoms with Crippen LogP contribution in [0.25, 0.3) is 0 Å². The highest BCUT2D eigenvalue weighted by Gasteiger charge is 2.15. The number of thiazole rings is 1. The lowest BCUT2D eigenvalue weighted by molar-refractivity contribution is -0.113. The Labute approximate surface area is 178 Å². The van der Waals surface area contributed by atoms with E-state index in [1.165, 1.54) is 23.1 Å². The predicted octanol–water partition coefficient (Wildman–Crippen LogP) is 3.87. The third-order valence-electron chi connectivity index (χ3n) is 4.23. The van der Waals surface area contributed by atoms with Gasteiger partial charge in [-0.3, -0.25) is 4.79 Å². The number of benzene rings is 1. The summed E-state index contributed by atoms with van der Waals surface area (Å²) in [4.78, 5) is 17.7. The minimum absolute atomic E-state index is 0.117. The minimum Gasteiger partial charge on any atom is -0.497 e. The highest BCUT2D eigenvalue weighted by atomic mass is 32.2. The van der Waals surface area contributed by atoms with E-state index in [-0.39, 0.29) is 11.7 Å². The van der Waals surface area contributed by atoms with E-state index in [0.29, 0.717) is 23.3 Å². The molecule has 2 aromatic heterocycles. The number of thioether (sulfide) groups is 1. The van der Waals surface area contributed by atoms with Gasteiger partial charge < -0.3 is 14.6 Å². The summed E-state index contributed by atoms with van der Waals surface area (Å²) in [5.41, 5.74) is 2.04. The van der Waals surface area contributed by atoms with Gasteiger partial charge in [0.05, 0.1) is 18.6 Å². The molecule has 0 aliphatic heterocycles. The molecular weight excluding hydrogens is 406 g/mol. The average Bonchev–Trinajstić information content (AvgIpc) is 3.23. The van der Waals surface area contributed by atoms with Gasteiger partial charge in [-0.25, -0.2) is 4.98 Å². The van der Waals surface area contributed by atoms with Gasteiger partial charge in [0.25, 0.3) is 0 Å². The molecule has 0 spiro atoms. The lowest BCUT2D eigenvalue weighted by Gasteiger charge is -2.08. The molecule has 29 heavy (non-hydrogen) atoms. The number of hydrogen-bond donors (Lipinski definition) is 1. The molecule has 3 rings (SSSR count). The fourth-order valence-electron chi connectivity index (χ4n) is 2.61. The second-order valence-electron chi connectivity index (χ2n) is 6.32. The summed E-state index contributed by atoms with van der Waals surface area (Å²) in [6.07, 6.45) is 2.43. The summed E-state index contributed by atoms with van der Waals surface area (Å²) in [5.74, 6) is 1.75. The van der Waals surface area contributed by atoms with Crippen LogP contribution in [0, 0.1) is 13.8 Å². The van der Waals surface area contributed by atoms with Gasteiger partial charge in [-0.1, -0.05) is 30.0 Å². The van der Waals surface area contributed by atoms with E-state index in [4.69, 9.17) is 4.74 Å². The number of carbonyl (C=O) groups excluding carboxylic acids is 1. The zero-order valence-electron chi connectivity index (χ0n) is 16.6. The Morgan fingerprint density at radius 2 is 2.07 bits per heavy atom. The number of methoxy groups -OCH3 is 1. The van der Waals surface area contributed by atoms with Crippen molar-refractivity contribution >= 4 is 34.1 Å². The first-order valence-electron chi connectivity index (χ1n) is 9.02. The second-order valence-corrected chi connectivity index (χ2v) is 8.47. The number of amides is 1. The summed E-state index contributed by atoms with van der Waals surface area (Å²) < 4.78 is 7.18. The lowest BCUT2D eigenvalue weighted by atomic mass is 10.1. The van der Waals surface area contributed by atoms with E-state index >= 15 is 0 Å². The minimum atomic E-state index is -0.117. The molecule has 0 bridgehead atoms.